The van der Waals surface area contributed by atoms with Crippen molar-refractivity contribution in [2.45, 2.75) is 25.4 Å². The van der Waals surface area contributed by atoms with Crippen LogP contribution in [0.3, 0.4) is 0 Å². The van der Waals surface area contributed by atoms with Gasteiger partial charge in [-0.2, -0.15) is 0 Å². The van der Waals surface area contributed by atoms with Gasteiger partial charge in [0.25, 0.3) is 5.91 Å². The van der Waals surface area contributed by atoms with E-state index in [0.717, 1.165) is 11.3 Å². The van der Waals surface area contributed by atoms with Gasteiger partial charge < -0.3 is 20.0 Å². The molecule has 0 aliphatic carbocycles. The van der Waals surface area contributed by atoms with E-state index < -0.39 is 17.8 Å². The van der Waals surface area contributed by atoms with E-state index in [-0.39, 0.29) is 23.5 Å². The zero-order chi connectivity index (χ0) is 22.0. The Bertz CT molecular complexity index is 1010. The van der Waals surface area contributed by atoms with Crippen LogP contribution >= 0.6 is 11.6 Å². The molecule has 2 aliphatic heterocycles. The van der Waals surface area contributed by atoms with E-state index in [1.165, 1.54) is 23.1 Å². The molecular formula is C22H22ClFN4O3. The molecule has 2 N–H and O–H groups in total. The van der Waals surface area contributed by atoms with E-state index in [0.29, 0.717) is 18.7 Å². The molecule has 0 aromatic heterocycles. The van der Waals surface area contributed by atoms with E-state index in [2.05, 4.69) is 10.7 Å². The number of hydrazine groups is 1. The van der Waals surface area contributed by atoms with E-state index in [4.69, 9.17) is 16.3 Å². The molecule has 1 fully saturated rings. The molecule has 31 heavy (non-hydrogen) atoms. The maximum atomic E-state index is 13.3. The molecule has 2 amide bonds. The SMILES string of the molecule is CCOc1ccc(C2CC3C(=O)N(CC(=O)Nc4ccc(F)c(Cl)c4)C=CN3N2)cc1. The molecule has 0 spiro atoms. The number of amides is 2. The number of carbonyl (C=O) groups is 2. The molecule has 2 unspecified atom stereocenters. The van der Waals surface area contributed by atoms with E-state index in [1.807, 2.05) is 31.2 Å². The predicted octanol–water partition coefficient (Wildman–Crippen LogP) is 3.45. The summed E-state index contributed by atoms with van der Waals surface area (Å²) in [6.45, 7) is 2.39. The largest absolute Gasteiger partial charge is 0.494 e. The van der Waals surface area contributed by atoms with Crippen LogP contribution in [0, 0.1) is 5.82 Å². The lowest BCUT2D eigenvalue weighted by atomic mass is 10.0. The van der Waals surface area contributed by atoms with Crippen LogP contribution in [0.15, 0.2) is 54.9 Å². The number of rotatable bonds is 6. The second kappa shape index (κ2) is 8.95. The molecule has 2 heterocycles. The summed E-state index contributed by atoms with van der Waals surface area (Å²) in [6.07, 6.45) is 3.90. The molecule has 2 aromatic rings. The Morgan fingerprint density at radius 2 is 2.03 bits per heavy atom. The van der Waals surface area contributed by atoms with Gasteiger partial charge >= 0.3 is 0 Å². The summed E-state index contributed by atoms with van der Waals surface area (Å²) in [6, 6.07) is 11.3. The van der Waals surface area contributed by atoms with Crippen molar-refractivity contribution in [1.82, 2.24) is 15.3 Å². The second-order valence-electron chi connectivity index (χ2n) is 7.28. The van der Waals surface area contributed by atoms with Crippen LogP contribution in [-0.4, -0.2) is 40.9 Å². The van der Waals surface area contributed by atoms with Gasteiger partial charge in [0.1, 0.15) is 24.2 Å². The summed E-state index contributed by atoms with van der Waals surface area (Å²) in [5.41, 5.74) is 4.74. The molecule has 0 bridgehead atoms. The number of carbonyl (C=O) groups excluding carboxylic acids is 2. The van der Waals surface area contributed by atoms with Crippen LogP contribution < -0.4 is 15.5 Å². The average Bonchev–Trinajstić information content (AvgIpc) is 3.19. The Morgan fingerprint density at radius 3 is 2.74 bits per heavy atom. The van der Waals surface area contributed by atoms with Gasteiger partial charge in [-0.05, 0) is 49.2 Å². The number of ether oxygens (including phenoxy) is 1. The minimum absolute atomic E-state index is 0.0237. The lowest BCUT2D eigenvalue weighted by molar-refractivity contribution is -0.137. The molecule has 4 rings (SSSR count). The summed E-state index contributed by atoms with van der Waals surface area (Å²) in [7, 11) is 0. The van der Waals surface area contributed by atoms with Crippen molar-refractivity contribution >= 4 is 29.1 Å². The maximum absolute atomic E-state index is 13.3. The molecule has 0 saturated carbocycles. The molecule has 7 nitrogen and oxygen atoms in total. The Labute approximate surface area is 184 Å². The third-order valence-electron chi connectivity index (χ3n) is 5.19. The van der Waals surface area contributed by atoms with Crippen LogP contribution in [0.4, 0.5) is 10.1 Å². The van der Waals surface area contributed by atoms with Gasteiger partial charge in [-0.25, -0.2) is 9.82 Å². The van der Waals surface area contributed by atoms with Crippen molar-refractivity contribution in [2.24, 2.45) is 0 Å². The first kappa shape index (κ1) is 21.1. The summed E-state index contributed by atoms with van der Waals surface area (Å²) in [5.74, 6) is -0.332. The quantitative estimate of drug-likeness (QED) is 0.714. The minimum atomic E-state index is -0.565. The highest BCUT2D eigenvalue weighted by Crippen LogP contribution is 2.31. The number of hydrogen-bond donors (Lipinski definition) is 2. The summed E-state index contributed by atoms with van der Waals surface area (Å²) in [5, 5.41) is 4.32. The molecule has 2 aliphatic rings. The van der Waals surface area contributed by atoms with Crippen molar-refractivity contribution < 1.29 is 18.7 Å². The summed E-state index contributed by atoms with van der Waals surface area (Å²) < 4.78 is 18.7. The van der Waals surface area contributed by atoms with Crippen molar-refractivity contribution in [2.75, 3.05) is 18.5 Å². The third-order valence-corrected chi connectivity index (χ3v) is 5.48. The fraction of sp³-hybridized carbons (Fsp3) is 0.273. The Balaban J connectivity index is 1.37. The molecular weight excluding hydrogens is 423 g/mol. The first-order valence-corrected chi connectivity index (χ1v) is 10.3. The first-order valence-electron chi connectivity index (χ1n) is 9.95. The second-order valence-corrected chi connectivity index (χ2v) is 7.69. The van der Waals surface area contributed by atoms with Gasteiger partial charge in [0.05, 0.1) is 17.7 Å². The molecule has 2 atom stereocenters. The highest BCUT2D eigenvalue weighted by atomic mass is 35.5. The lowest BCUT2D eigenvalue weighted by Crippen LogP contribution is -2.49. The zero-order valence-electron chi connectivity index (χ0n) is 16.8. The van der Waals surface area contributed by atoms with Crippen LogP contribution in [0.1, 0.15) is 24.9 Å². The highest BCUT2D eigenvalue weighted by Gasteiger charge is 2.40. The van der Waals surface area contributed by atoms with Crippen molar-refractivity contribution in [3.05, 3.63) is 71.3 Å². The number of nitrogens with one attached hydrogen (secondary N) is 2. The van der Waals surface area contributed by atoms with Gasteiger partial charge in [0.2, 0.25) is 5.91 Å². The van der Waals surface area contributed by atoms with Gasteiger partial charge in [-0.1, -0.05) is 23.7 Å². The summed E-state index contributed by atoms with van der Waals surface area (Å²) in [4.78, 5) is 26.7. The standard InChI is InChI=1S/C22H22ClFN4O3/c1-2-31-16-6-3-14(4-7-16)19-12-20-22(30)27(9-10-28(20)26-19)13-21(29)25-15-5-8-18(24)17(23)11-15/h3-11,19-20,26H,2,12-13H2,1H3,(H,25,29). The van der Waals surface area contributed by atoms with Crippen molar-refractivity contribution in [3.63, 3.8) is 0 Å². The first-order chi connectivity index (χ1) is 14.9. The minimum Gasteiger partial charge on any atom is -0.494 e. The number of benzene rings is 2. The number of halogens is 2. The molecule has 9 heteroatoms. The smallest absolute Gasteiger partial charge is 0.251 e. The van der Waals surface area contributed by atoms with Gasteiger partial charge in [0.15, 0.2) is 0 Å². The highest BCUT2D eigenvalue weighted by molar-refractivity contribution is 6.31. The predicted molar refractivity (Wildman–Crippen MR) is 115 cm³/mol. The monoisotopic (exact) mass is 444 g/mol. The molecule has 162 valence electrons. The van der Waals surface area contributed by atoms with Crippen LogP contribution in [0.25, 0.3) is 0 Å². The van der Waals surface area contributed by atoms with Gasteiger partial charge in [-0.3, -0.25) is 9.59 Å². The van der Waals surface area contributed by atoms with E-state index >= 15 is 0 Å². The Hall–Kier alpha value is -3.10. The van der Waals surface area contributed by atoms with Crippen molar-refractivity contribution in [1.29, 1.82) is 0 Å². The fourth-order valence-corrected chi connectivity index (χ4v) is 3.86. The summed E-state index contributed by atoms with van der Waals surface area (Å²) >= 11 is 5.74. The maximum Gasteiger partial charge on any atom is 0.251 e. The number of fused-ring (bicyclic) bond motifs is 1. The van der Waals surface area contributed by atoms with E-state index in [9.17, 15) is 14.0 Å². The topological polar surface area (TPSA) is 73.9 Å². The average molecular weight is 445 g/mol. The van der Waals surface area contributed by atoms with E-state index in [1.54, 1.807) is 17.4 Å². The Kier molecular flexibility index (Phi) is 6.11. The van der Waals surface area contributed by atoms with Crippen LogP contribution in [0.2, 0.25) is 5.02 Å². The van der Waals surface area contributed by atoms with Gasteiger partial charge in [-0.15, -0.1) is 0 Å². The zero-order valence-corrected chi connectivity index (χ0v) is 17.6. The lowest BCUT2D eigenvalue weighted by Gasteiger charge is -2.31. The van der Waals surface area contributed by atoms with Gasteiger partial charge in [0, 0.05) is 18.1 Å². The molecule has 2 aromatic carbocycles. The number of anilines is 1. The van der Waals surface area contributed by atoms with Crippen LogP contribution in [-0.2, 0) is 9.59 Å². The number of nitrogens with zero attached hydrogens (tertiary/aromatic N) is 2. The number of hydrogen-bond acceptors (Lipinski definition) is 5. The Morgan fingerprint density at radius 1 is 1.26 bits per heavy atom. The molecule has 0 radical (unpaired) electrons. The molecule has 1 saturated heterocycles. The normalized spacial score (nSPS) is 20.0. The fourth-order valence-electron chi connectivity index (χ4n) is 3.68. The third kappa shape index (κ3) is 4.65. The van der Waals surface area contributed by atoms with Crippen LogP contribution in [0.5, 0.6) is 5.75 Å². The van der Waals surface area contributed by atoms with Crippen molar-refractivity contribution in [3.8, 4) is 5.75 Å².